The zero-order chi connectivity index (χ0) is 12.1. The second-order valence-corrected chi connectivity index (χ2v) is 4.75. The molecule has 94 valence electrons. The van der Waals surface area contributed by atoms with Crippen LogP contribution >= 0.6 is 0 Å². The molecule has 17 heavy (non-hydrogen) atoms. The highest BCUT2D eigenvalue weighted by atomic mass is 16.3. The highest BCUT2D eigenvalue weighted by Crippen LogP contribution is 2.27. The molecule has 2 N–H and O–H groups in total. The lowest BCUT2D eigenvalue weighted by atomic mass is 9.94. The molecule has 1 unspecified atom stereocenters. The third-order valence-corrected chi connectivity index (χ3v) is 3.56. The molecule has 2 rings (SSSR count). The largest absolute Gasteiger partial charge is 0.396 e. The fourth-order valence-corrected chi connectivity index (χ4v) is 2.66. The van der Waals surface area contributed by atoms with E-state index < -0.39 is 0 Å². The summed E-state index contributed by atoms with van der Waals surface area (Å²) in [5.41, 5.74) is 2.15. The van der Waals surface area contributed by atoms with Crippen molar-refractivity contribution < 1.29 is 10.2 Å². The van der Waals surface area contributed by atoms with Crippen LogP contribution in [0.3, 0.4) is 0 Å². The van der Waals surface area contributed by atoms with E-state index in [0.717, 1.165) is 30.8 Å². The molecule has 0 spiro atoms. The van der Waals surface area contributed by atoms with Gasteiger partial charge in [0.05, 0.1) is 6.61 Å². The smallest absolute Gasteiger partial charge is 0.0702 e. The van der Waals surface area contributed by atoms with Crippen LogP contribution in [0.4, 0.5) is 5.69 Å². The van der Waals surface area contributed by atoms with E-state index in [1.165, 1.54) is 12.8 Å². The third-order valence-electron chi connectivity index (χ3n) is 3.56. The molecule has 1 aliphatic rings. The Morgan fingerprint density at radius 1 is 1.24 bits per heavy atom. The van der Waals surface area contributed by atoms with Crippen LogP contribution in [0.5, 0.6) is 0 Å². The van der Waals surface area contributed by atoms with Gasteiger partial charge in [-0.1, -0.05) is 18.2 Å². The van der Waals surface area contributed by atoms with Crippen molar-refractivity contribution in [2.45, 2.75) is 25.9 Å². The molecule has 1 aromatic rings. The molecule has 3 heteroatoms. The zero-order valence-corrected chi connectivity index (χ0v) is 10.2. The Morgan fingerprint density at radius 2 is 2.06 bits per heavy atom. The summed E-state index contributed by atoms with van der Waals surface area (Å²) in [5.74, 6) is 0.584. The average molecular weight is 235 g/mol. The van der Waals surface area contributed by atoms with E-state index in [1.54, 1.807) is 0 Å². The standard InChI is InChI=1S/C14H21NO2/c16-9-7-12-4-3-8-15(10-12)14-6-2-1-5-13(14)11-17/h1-2,5-6,12,16-17H,3-4,7-11H2. The topological polar surface area (TPSA) is 43.7 Å². The van der Waals surface area contributed by atoms with Gasteiger partial charge in [0.25, 0.3) is 0 Å². The van der Waals surface area contributed by atoms with Crippen molar-refractivity contribution in [3.8, 4) is 0 Å². The Kier molecular flexibility index (Phi) is 4.40. The number of para-hydroxylation sites is 1. The first-order chi connectivity index (χ1) is 8.35. The van der Waals surface area contributed by atoms with Crippen LogP contribution in [0.2, 0.25) is 0 Å². The number of hydrogen-bond donors (Lipinski definition) is 2. The molecule has 1 heterocycles. The molecule has 0 radical (unpaired) electrons. The van der Waals surface area contributed by atoms with E-state index in [0.29, 0.717) is 5.92 Å². The average Bonchev–Trinajstić information content (AvgIpc) is 2.39. The normalized spacial score (nSPS) is 20.6. The summed E-state index contributed by atoms with van der Waals surface area (Å²) in [6.45, 7) is 2.42. The van der Waals surface area contributed by atoms with Crippen molar-refractivity contribution in [1.82, 2.24) is 0 Å². The first kappa shape index (κ1) is 12.4. The van der Waals surface area contributed by atoms with Gasteiger partial charge in [0.15, 0.2) is 0 Å². The number of aliphatic hydroxyl groups is 2. The fourth-order valence-electron chi connectivity index (χ4n) is 2.66. The van der Waals surface area contributed by atoms with Gasteiger partial charge in [-0.05, 0) is 31.2 Å². The summed E-state index contributed by atoms with van der Waals surface area (Å²) in [4.78, 5) is 2.34. The predicted octanol–water partition coefficient (Wildman–Crippen LogP) is 1.78. The summed E-state index contributed by atoms with van der Waals surface area (Å²) in [7, 11) is 0. The number of benzene rings is 1. The highest BCUT2D eigenvalue weighted by molar-refractivity contribution is 5.53. The van der Waals surface area contributed by atoms with Crippen LogP contribution in [-0.2, 0) is 6.61 Å². The molecule has 1 aliphatic heterocycles. The Balaban J connectivity index is 2.10. The molecule has 3 nitrogen and oxygen atoms in total. The minimum atomic E-state index is 0.0946. The van der Waals surface area contributed by atoms with Crippen LogP contribution in [0, 0.1) is 5.92 Å². The van der Waals surface area contributed by atoms with Gasteiger partial charge in [0, 0.05) is 30.9 Å². The minimum absolute atomic E-state index is 0.0946. The quantitative estimate of drug-likeness (QED) is 0.836. The fraction of sp³-hybridized carbons (Fsp3) is 0.571. The van der Waals surface area contributed by atoms with E-state index in [2.05, 4.69) is 11.0 Å². The van der Waals surface area contributed by atoms with Gasteiger partial charge < -0.3 is 15.1 Å². The maximum absolute atomic E-state index is 9.35. The van der Waals surface area contributed by atoms with Gasteiger partial charge in [-0.3, -0.25) is 0 Å². The monoisotopic (exact) mass is 235 g/mol. The molecular weight excluding hydrogens is 214 g/mol. The molecule has 0 bridgehead atoms. The summed E-state index contributed by atoms with van der Waals surface area (Å²) in [5, 5.41) is 18.4. The summed E-state index contributed by atoms with van der Waals surface area (Å²) >= 11 is 0. The molecule has 1 aromatic carbocycles. The molecule has 0 amide bonds. The number of rotatable bonds is 4. The van der Waals surface area contributed by atoms with Crippen molar-refractivity contribution >= 4 is 5.69 Å². The maximum atomic E-state index is 9.35. The second-order valence-electron chi connectivity index (χ2n) is 4.75. The van der Waals surface area contributed by atoms with Crippen molar-refractivity contribution in [3.05, 3.63) is 29.8 Å². The van der Waals surface area contributed by atoms with E-state index in [9.17, 15) is 5.11 Å². The van der Waals surface area contributed by atoms with Gasteiger partial charge in [-0.25, -0.2) is 0 Å². The van der Waals surface area contributed by atoms with Gasteiger partial charge in [0.1, 0.15) is 0 Å². The third kappa shape index (κ3) is 2.99. The Bertz CT molecular complexity index is 352. The molecular formula is C14H21NO2. The Hall–Kier alpha value is -1.06. The van der Waals surface area contributed by atoms with Crippen molar-refractivity contribution in [3.63, 3.8) is 0 Å². The zero-order valence-electron chi connectivity index (χ0n) is 10.2. The van der Waals surface area contributed by atoms with E-state index >= 15 is 0 Å². The molecule has 0 saturated carbocycles. The Labute approximate surface area is 103 Å². The van der Waals surface area contributed by atoms with Gasteiger partial charge in [-0.2, -0.15) is 0 Å². The van der Waals surface area contributed by atoms with Gasteiger partial charge >= 0.3 is 0 Å². The molecule has 1 saturated heterocycles. The molecule has 0 aliphatic carbocycles. The minimum Gasteiger partial charge on any atom is -0.396 e. The van der Waals surface area contributed by atoms with E-state index in [1.807, 2.05) is 18.2 Å². The number of aliphatic hydroxyl groups excluding tert-OH is 2. The number of piperidine rings is 1. The van der Waals surface area contributed by atoms with Crippen molar-refractivity contribution in [2.75, 3.05) is 24.6 Å². The highest BCUT2D eigenvalue weighted by Gasteiger charge is 2.20. The first-order valence-electron chi connectivity index (χ1n) is 6.39. The molecule has 1 fully saturated rings. The SMILES string of the molecule is OCCC1CCCN(c2ccccc2CO)C1. The second kappa shape index (κ2) is 6.03. The summed E-state index contributed by atoms with van der Waals surface area (Å²) in [6, 6.07) is 8.03. The van der Waals surface area contributed by atoms with E-state index in [4.69, 9.17) is 5.11 Å². The number of anilines is 1. The van der Waals surface area contributed by atoms with E-state index in [-0.39, 0.29) is 13.2 Å². The first-order valence-corrected chi connectivity index (χ1v) is 6.39. The summed E-state index contributed by atoms with van der Waals surface area (Å²) < 4.78 is 0. The summed E-state index contributed by atoms with van der Waals surface area (Å²) in [6.07, 6.45) is 3.26. The number of hydrogen-bond acceptors (Lipinski definition) is 3. The van der Waals surface area contributed by atoms with Crippen LogP contribution in [0.25, 0.3) is 0 Å². The van der Waals surface area contributed by atoms with Gasteiger partial charge in [-0.15, -0.1) is 0 Å². The van der Waals surface area contributed by atoms with Crippen LogP contribution in [0.15, 0.2) is 24.3 Å². The lowest BCUT2D eigenvalue weighted by molar-refractivity contribution is 0.243. The van der Waals surface area contributed by atoms with Gasteiger partial charge in [0.2, 0.25) is 0 Å². The molecule has 0 aromatic heterocycles. The number of nitrogens with zero attached hydrogens (tertiary/aromatic N) is 1. The Morgan fingerprint density at radius 3 is 2.82 bits per heavy atom. The van der Waals surface area contributed by atoms with Crippen LogP contribution in [0.1, 0.15) is 24.8 Å². The molecule has 1 atom stereocenters. The van der Waals surface area contributed by atoms with Crippen molar-refractivity contribution in [1.29, 1.82) is 0 Å². The lowest BCUT2D eigenvalue weighted by Crippen LogP contribution is -2.36. The predicted molar refractivity (Wildman–Crippen MR) is 69.0 cm³/mol. The lowest BCUT2D eigenvalue weighted by Gasteiger charge is -2.35. The van der Waals surface area contributed by atoms with Crippen molar-refractivity contribution in [2.24, 2.45) is 5.92 Å². The maximum Gasteiger partial charge on any atom is 0.0702 e. The van der Waals surface area contributed by atoms with Crippen LogP contribution in [-0.4, -0.2) is 29.9 Å². The van der Waals surface area contributed by atoms with Crippen LogP contribution < -0.4 is 4.90 Å².